The Bertz CT molecular complexity index is 1180. The molecule has 2 heterocycles. The maximum absolute atomic E-state index is 13.1. The summed E-state index contributed by atoms with van der Waals surface area (Å²) in [6.45, 7) is 0.913. The lowest BCUT2D eigenvalue weighted by atomic mass is 9.84. The Labute approximate surface area is 224 Å². The van der Waals surface area contributed by atoms with Gasteiger partial charge in [-0.15, -0.1) is 0 Å². The van der Waals surface area contributed by atoms with E-state index in [-0.39, 0.29) is 45.6 Å². The predicted octanol–water partition coefficient (Wildman–Crippen LogP) is 4.59. The van der Waals surface area contributed by atoms with Crippen molar-refractivity contribution in [1.29, 1.82) is 0 Å². The Morgan fingerprint density at radius 1 is 1.00 bits per heavy atom. The second-order valence-electron chi connectivity index (χ2n) is 8.70. The van der Waals surface area contributed by atoms with E-state index in [2.05, 4.69) is 0 Å². The number of amides is 1. The van der Waals surface area contributed by atoms with Crippen molar-refractivity contribution in [3.05, 3.63) is 62.1 Å². The second-order valence-corrected chi connectivity index (χ2v) is 12.3. The first-order valence-corrected chi connectivity index (χ1v) is 14.0. The zero-order valence-corrected chi connectivity index (χ0v) is 22.4. The highest BCUT2D eigenvalue weighted by Gasteiger charge is 2.38. The zero-order valence-electron chi connectivity index (χ0n) is 18.6. The fourth-order valence-electron chi connectivity index (χ4n) is 4.41. The van der Waals surface area contributed by atoms with Crippen LogP contribution in [0.5, 0.6) is 0 Å². The lowest BCUT2D eigenvalue weighted by Gasteiger charge is -2.38. The number of halogens is 4. The van der Waals surface area contributed by atoms with Gasteiger partial charge in [0.2, 0.25) is 15.9 Å². The lowest BCUT2D eigenvalue weighted by molar-refractivity contribution is -0.142. The van der Waals surface area contributed by atoms with Crippen molar-refractivity contribution in [3.8, 4) is 0 Å². The van der Waals surface area contributed by atoms with Gasteiger partial charge in [-0.3, -0.25) is 4.79 Å². The molecule has 1 amide bonds. The zero-order chi connectivity index (χ0) is 25.4. The molecule has 1 atom stereocenters. The van der Waals surface area contributed by atoms with Gasteiger partial charge < -0.3 is 14.7 Å². The molecule has 0 aliphatic carbocycles. The maximum atomic E-state index is 13.1. The molecule has 2 aromatic carbocycles. The molecule has 7 nitrogen and oxygen atoms in total. The minimum Gasteiger partial charge on any atom is -0.385 e. The van der Waals surface area contributed by atoms with Crippen LogP contribution in [0.25, 0.3) is 0 Å². The van der Waals surface area contributed by atoms with Crippen molar-refractivity contribution < 1.29 is 23.1 Å². The van der Waals surface area contributed by atoms with Crippen molar-refractivity contribution in [2.75, 3.05) is 32.8 Å². The van der Waals surface area contributed by atoms with Crippen LogP contribution in [0.3, 0.4) is 0 Å². The highest BCUT2D eigenvalue weighted by Crippen LogP contribution is 2.36. The van der Waals surface area contributed by atoms with E-state index in [1.165, 1.54) is 16.4 Å². The van der Waals surface area contributed by atoms with Gasteiger partial charge in [0.05, 0.1) is 21.8 Å². The molecule has 2 saturated heterocycles. The number of likely N-dealkylation sites (tertiary alicyclic amines) is 1. The summed E-state index contributed by atoms with van der Waals surface area (Å²) in [5.74, 6) is -0.201. The summed E-state index contributed by atoms with van der Waals surface area (Å²) in [6.07, 6.45) is 0.803. The van der Waals surface area contributed by atoms with Gasteiger partial charge in [-0.2, -0.15) is 4.31 Å². The fraction of sp³-hybridized carbons (Fsp3) is 0.435. The van der Waals surface area contributed by atoms with Gasteiger partial charge in [0.15, 0.2) is 0 Å². The summed E-state index contributed by atoms with van der Waals surface area (Å²) >= 11 is 24.0. The number of piperidine rings is 1. The number of aliphatic hydroxyl groups is 1. The van der Waals surface area contributed by atoms with Crippen molar-refractivity contribution in [3.63, 3.8) is 0 Å². The topological polar surface area (TPSA) is 87.2 Å². The van der Waals surface area contributed by atoms with Crippen molar-refractivity contribution in [1.82, 2.24) is 9.21 Å². The van der Waals surface area contributed by atoms with Gasteiger partial charge in [-0.25, -0.2) is 8.42 Å². The van der Waals surface area contributed by atoms with E-state index in [0.717, 1.165) is 5.56 Å². The monoisotopic (exact) mass is 580 g/mol. The molecule has 35 heavy (non-hydrogen) atoms. The minimum atomic E-state index is -3.95. The first-order chi connectivity index (χ1) is 16.5. The van der Waals surface area contributed by atoms with E-state index >= 15 is 0 Å². The second kappa shape index (κ2) is 10.7. The highest BCUT2D eigenvalue weighted by atomic mass is 35.5. The third kappa shape index (κ3) is 5.91. The third-order valence-corrected chi connectivity index (χ3v) is 9.69. The molecule has 0 spiro atoms. The van der Waals surface area contributed by atoms with Gasteiger partial charge in [-0.1, -0.05) is 58.5 Å². The van der Waals surface area contributed by atoms with Crippen LogP contribution in [0.1, 0.15) is 24.8 Å². The smallest absolute Gasteiger partial charge is 0.248 e. The van der Waals surface area contributed by atoms with Crippen molar-refractivity contribution in [2.45, 2.75) is 35.9 Å². The number of carbonyl (C=O) groups excluding carboxylic acids is 1. The van der Waals surface area contributed by atoms with E-state index in [9.17, 15) is 18.3 Å². The number of ether oxygens (including phenoxy) is 1. The summed E-state index contributed by atoms with van der Waals surface area (Å²) < 4.78 is 33.1. The van der Waals surface area contributed by atoms with Gasteiger partial charge in [-0.05, 0) is 49.1 Å². The van der Waals surface area contributed by atoms with Gasteiger partial charge in [0.25, 0.3) is 0 Å². The van der Waals surface area contributed by atoms with E-state index < -0.39 is 21.7 Å². The number of rotatable bonds is 6. The number of carbonyl (C=O) groups is 1. The Balaban J connectivity index is 1.30. The van der Waals surface area contributed by atoms with Crippen LogP contribution in [-0.4, -0.2) is 67.5 Å². The lowest BCUT2D eigenvalue weighted by Crippen LogP contribution is -2.46. The van der Waals surface area contributed by atoms with Crippen LogP contribution < -0.4 is 0 Å². The molecule has 2 fully saturated rings. The molecule has 0 saturated carbocycles. The highest BCUT2D eigenvalue weighted by molar-refractivity contribution is 7.89. The summed E-state index contributed by atoms with van der Waals surface area (Å²) in [5, 5.41) is 11.7. The molecular formula is C23H24Cl4N2O5S. The van der Waals surface area contributed by atoms with Crippen LogP contribution >= 0.6 is 46.4 Å². The average Bonchev–Trinajstić information content (AvgIpc) is 3.27. The van der Waals surface area contributed by atoms with Crippen LogP contribution in [0.15, 0.2) is 41.3 Å². The molecule has 12 heteroatoms. The number of hydrogen-bond acceptors (Lipinski definition) is 5. The van der Waals surface area contributed by atoms with E-state index in [1.807, 2.05) is 0 Å². The summed E-state index contributed by atoms with van der Waals surface area (Å²) in [7, 11) is -3.95. The largest absolute Gasteiger partial charge is 0.385 e. The molecule has 4 rings (SSSR count). The standard InChI is InChI=1S/C23H24Cl4N2O5S/c24-16-3-1-15(2-4-16)23(31)6-9-28(10-7-23)21(30)14-34-18-5-8-29(13-18)35(32,33)22-19(26)11-17(25)12-20(22)27/h1-4,11-12,18,31H,5-10,13-14H2. The number of sulfonamides is 1. The van der Waals surface area contributed by atoms with Crippen LogP contribution in [-0.2, 0) is 25.2 Å². The number of nitrogens with zero attached hydrogens (tertiary/aromatic N) is 2. The quantitative estimate of drug-likeness (QED) is 0.539. The number of benzene rings is 2. The molecule has 1 unspecified atom stereocenters. The molecule has 1 N–H and O–H groups in total. The molecule has 190 valence electrons. The third-order valence-electron chi connectivity index (χ3n) is 6.44. The molecule has 0 bridgehead atoms. The first-order valence-electron chi connectivity index (χ1n) is 11.0. The Hall–Kier alpha value is -1.10. The molecule has 0 aromatic heterocycles. The van der Waals surface area contributed by atoms with Crippen LogP contribution in [0.4, 0.5) is 0 Å². The van der Waals surface area contributed by atoms with Gasteiger partial charge in [0.1, 0.15) is 11.5 Å². The summed E-state index contributed by atoms with van der Waals surface area (Å²) in [6, 6.07) is 9.73. The minimum absolute atomic E-state index is 0.0503. The fourth-order valence-corrected chi connectivity index (χ4v) is 7.52. The Morgan fingerprint density at radius 3 is 2.20 bits per heavy atom. The number of hydrogen-bond donors (Lipinski definition) is 1. The first kappa shape index (κ1) is 26.9. The normalized spacial score (nSPS) is 20.8. The van der Waals surface area contributed by atoms with E-state index in [1.54, 1.807) is 29.2 Å². The molecule has 2 aromatic rings. The van der Waals surface area contributed by atoms with Crippen molar-refractivity contribution in [2.24, 2.45) is 0 Å². The molecule has 0 radical (unpaired) electrons. The summed E-state index contributed by atoms with van der Waals surface area (Å²) in [4.78, 5) is 14.2. The van der Waals surface area contributed by atoms with Crippen LogP contribution in [0.2, 0.25) is 20.1 Å². The van der Waals surface area contributed by atoms with Crippen LogP contribution in [0, 0.1) is 0 Å². The SMILES string of the molecule is O=C(COC1CCN(S(=O)(=O)c2c(Cl)cc(Cl)cc2Cl)C1)N1CCC(O)(c2ccc(Cl)cc2)CC1. The predicted molar refractivity (Wildman–Crippen MR) is 136 cm³/mol. The van der Waals surface area contributed by atoms with E-state index in [0.29, 0.717) is 37.4 Å². The molecule has 2 aliphatic rings. The average molecular weight is 582 g/mol. The summed E-state index contributed by atoms with van der Waals surface area (Å²) in [5.41, 5.74) is -0.231. The molecular weight excluding hydrogens is 558 g/mol. The van der Waals surface area contributed by atoms with Crippen molar-refractivity contribution >= 4 is 62.3 Å². The van der Waals surface area contributed by atoms with Gasteiger partial charge in [0, 0.05) is 36.2 Å². The maximum Gasteiger partial charge on any atom is 0.248 e. The van der Waals surface area contributed by atoms with E-state index in [4.69, 9.17) is 51.1 Å². The van der Waals surface area contributed by atoms with Gasteiger partial charge >= 0.3 is 0 Å². The Morgan fingerprint density at radius 2 is 1.60 bits per heavy atom. The molecule has 2 aliphatic heterocycles. The Kier molecular flexibility index (Phi) is 8.25.